The van der Waals surface area contributed by atoms with Crippen LogP contribution in [0.4, 0.5) is 5.69 Å². The maximum Gasteiger partial charge on any atom is 0.181 e. The van der Waals surface area contributed by atoms with Crippen LogP contribution in [0.25, 0.3) is 22.6 Å². The van der Waals surface area contributed by atoms with Crippen LogP contribution in [0.1, 0.15) is 11.1 Å². The highest BCUT2D eigenvalue weighted by Gasteiger charge is 2.08. The van der Waals surface area contributed by atoms with E-state index in [0.29, 0.717) is 6.54 Å². The number of hydrogen-bond donors (Lipinski definition) is 2. The molecule has 0 radical (unpaired) electrons. The van der Waals surface area contributed by atoms with Gasteiger partial charge in [-0.3, -0.25) is 9.78 Å². The van der Waals surface area contributed by atoms with Gasteiger partial charge in [0.25, 0.3) is 0 Å². The molecule has 0 bridgehead atoms. The van der Waals surface area contributed by atoms with E-state index in [2.05, 4.69) is 56.8 Å². The van der Waals surface area contributed by atoms with Crippen molar-refractivity contribution in [2.24, 2.45) is 7.05 Å². The molecular weight excluding hydrogens is 324 g/mol. The molecule has 0 saturated carbocycles. The van der Waals surface area contributed by atoms with Gasteiger partial charge in [-0.15, -0.1) is 0 Å². The van der Waals surface area contributed by atoms with Crippen molar-refractivity contribution in [3.8, 4) is 22.6 Å². The van der Waals surface area contributed by atoms with Crippen LogP contribution in [0.3, 0.4) is 0 Å². The number of anilines is 1. The molecule has 0 saturated heterocycles. The Morgan fingerprint density at radius 2 is 1.73 bits per heavy atom. The summed E-state index contributed by atoms with van der Waals surface area (Å²) in [6.45, 7) is 2.78. The van der Waals surface area contributed by atoms with E-state index in [4.69, 9.17) is 0 Å². The highest BCUT2D eigenvalue weighted by Crippen LogP contribution is 2.23. The number of nitrogens with one attached hydrogen (secondary N) is 2. The average Bonchev–Trinajstić information content (AvgIpc) is 3.30. The minimum absolute atomic E-state index is 0.695. The van der Waals surface area contributed by atoms with Crippen molar-refractivity contribution in [1.29, 1.82) is 0 Å². The molecule has 4 rings (SSSR count). The Kier molecular flexibility index (Phi) is 4.23. The molecule has 0 amide bonds. The molecule has 130 valence electrons. The molecular formula is C20H20N6. The van der Waals surface area contributed by atoms with E-state index in [0.717, 1.165) is 33.9 Å². The Morgan fingerprint density at radius 1 is 1.00 bits per heavy atom. The van der Waals surface area contributed by atoms with Crippen LogP contribution in [0.15, 0.2) is 61.1 Å². The summed E-state index contributed by atoms with van der Waals surface area (Å²) in [4.78, 5) is 4.27. The SMILES string of the molecule is Cc1ccc(-c2[nH]ncc2CNc2ccc(-c3ncn(C)n3)cc2)cc1. The fourth-order valence-corrected chi connectivity index (χ4v) is 2.82. The smallest absolute Gasteiger partial charge is 0.181 e. The number of rotatable bonds is 5. The second kappa shape index (κ2) is 6.84. The van der Waals surface area contributed by atoms with E-state index in [1.54, 1.807) is 11.0 Å². The third-order valence-electron chi connectivity index (χ3n) is 4.28. The van der Waals surface area contributed by atoms with Gasteiger partial charge in [0.2, 0.25) is 0 Å². The molecule has 2 aromatic carbocycles. The maximum absolute atomic E-state index is 4.32. The summed E-state index contributed by atoms with van der Waals surface area (Å²) in [5, 5.41) is 15.1. The van der Waals surface area contributed by atoms with Crippen LogP contribution in [-0.2, 0) is 13.6 Å². The minimum Gasteiger partial charge on any atom is -0.381 e. The average molecular weight is 344 g/mol. The predicted octanol–water partition coefficient (Wildman–Crippen LogP) is 3.79. The van der Waals surface area contributed by atoms with Gasteiger partial charge in [-0.05, 0) is 36.8 Å². The van der Waals surface area contributed by atoms with Crippen molar-refractivity contribution < 1.29 is 0 Å². The van der Waals surface area contributed by atoms with Crippen molar-refractivity contribution in [1.82, 2.24) is 25.0 Å². The van der Waals surface area contributed by atoms with Gasteiger partial charge in [0, 0.05) is 30.4 Å². The molecule has 26 heavy (non-hydrogen) atoms. The van der Waals surface area contributed by atoms with Gasteiger partial charge < -0.3 is 5.32 Å². The predicted molar refractivity (Wildman–Crippen MR) is 103 cm³/mol. The summed E-state index contributed by atoms with van der Waals surface area (Å²) in [5.41, 5.74) is 6.61. The second-order valence-corrected chi connectivity index (χ2v) is 6.31. The zero-order valence-corrected chi connectivity index (χ0v) is 14.8. The number of hydrogen-bond acceptors (Lipinski definition) is 4. The monoisotopic (exact) mass is 344 g/mol. The summed E-state index contributed by atoms with van der Waals surface area (Å²) in [5.74, 6) is 0.732. The third kappa shape index (κ3) is 3.35. The van der Waals surface area contributed by atoms with E-state index in [1.807, 2.05) is 37.5 Å². The summed E-state index contributed by atoms with van der Waals surface area (Å²) in [6.07, 6.45) is 3.57. The molecule has 6 nitrogen and oxygen atoms in total. The Morgan fingerprint density at radius 3 is 2.42 bits per heavy atom. The van der Waals surface area contributed by atoms with Crippen LogP contribution >= 0.6 is 0 Å². The molecule has 2 aromatic heterocycles. The van der Waals surface area contributed by atoms with Gasteiger partial charge >= 0.3 is 0 Å². The van der Waals surface area contributed by atoms with Crippen LogP contribution in [-0.4, -0.2) is 25.0 Å². The Bertz CT molecular complexity index is 995. The molecule has 2 heterocycles. The van der Waals surface area contributed by atoms with Gasteiger partial charge in [-0.1, -0.05) is 29.8 Å². The van der Waals surface area contributed by atoms with E-state index < -0.39 is 0 Å². The second-order valence-electron chi connectivity index (χ2n) is 6.31. The number of aryl methyl sites for hydroxylation is 2. The van der Waals surface area contributed by atoms with Gasteiger partial charge in [-0.25, -0.2) is 4.98 Å². The lowest BCUT2D eigenvalue weighted by molar-refractivity contribution is 0.768. The summed E-state index contributed by atoms with van der Waals surface area (Å²) in [6, 6.07) is 16.6. The largest absolute Gasteiger partial charge is 0.381 e. The number of H-pyrrole nitrogens is 1. The molecule has 0 fully saturated rings. The fraction of sp³-hybridized carbons (Fsp3) is 0.150. The van der Waals surface area contributed by atoms with Crippen LogP contribution in [0.2, 0.25) is 0 Å². The Hall–Kier alpha value is -3.41. The normalized spacial score (nSPS) is 10.8. The van der Waals surface area contributed by atoms with E-state index >= 15 is 0 Å². The van der Waals surface area contributed by atoms with Crippen LogP contribution in [0, 0.1) is 6.92 Å². The standard InChI is InChI=1S/C20H20N6/c1-14-3-5-15(6-4-14)19-17(12-23-24-19)11-21-18-9-7-16(8-10-18)20-22-13-26(2)25-20/h3-10,12-13,21H,11H2,1-2H3,(H,23,24). The molecule has 0 spiro atoms. The van der Waals surface area contributed by atoms with E-state index in [-0.39, 0.29) is 0 Å². The molecule has 0 unspecified atom stereocenters. The molecule has 0 aliphatic carbocycles. The van der Waals surface area contributed by atoms with Crippen molar-refractivity contribution in [2.75, 3.05) is 5.32 Å². The first kappa shape index (κ1) is 16.1. The molecule has 0 aliphatic heterocycles. The third-order valence-corrected chi connectivity index (χ3v) is 4.28. The molecule has 0 aliphatic rings. The van der Waals surface area contributed by atoms with Gasteiger partial charge in [-0.2, -0.15) is 10.2 Å². The first-order valence-electron chi connectivity index (χ1n) is 8.48. The van der Waals surface area contributed by atoms with Crippen LogP contribution < -0.4 is 5.32 Å². The van der Waals surface area contributed by atoms with Crippen LogP contribution in [0.5, 0.6) is 0 Å². The van der Waals surface area contributed by atoms with Gasteiger partial charge in [0.15, 0.2) is 5.82 Å². The first-order chi connectivity index (χ1) is 12.7. The number of benzene rings is 2. The van der Waals surface area contributed by atoms with E-state index in [1.165, 1.54) is 5.56 Å². The lowest BCUT2D eigenvalue weighted by Gasteiger charge is -2.08. The summed E-state index contributed by atoms with van der Waals surface area (Å²) in [7, 11) is 1.86. The maximum atomic E-state index is 4.32. The number of nitrogens with zero attached hydrogens (tertiary/aromatic N) is 4. The number of aromatic amines is 1. The first-order valence-corrected chi connectivity index (χ1v) is 8.48. The highest BCUT2D eigenvalue weighted by atomic mass is 15.3. The van der Waals surface area contributed by atoms with Crippen molar-refractivity contribution in [2.45, 2.75) is 13.5 Å². The van der Waals surface area contributed by atoms with E-state index in [9.17, 15) is 0 Å². The summed E-state index contributed by atoms with van der Waals surface area (Å²) >= 11 is 0. The summed E-state index contributed by atoms with van der Waals surface area (Å²) < 4.78 is 1.70. The zero-order valence-electron chi connectivity index (χ0n) is 14.8. The molecule has 4 aromatic rings. The van der Waals surface area contributed by atoms with Gasteiger partial charge in [0.1, 0.15) is 6.33 Å². The molecule has 6 heteroatoms. The molecule has 2 N–H and O–H groups in total. The van der Waals surface area contributed by atoms with Crippen molar-refractivity contribution >= 4 is 5.69 Å². The lowest BCUT2D eigenvalue weighted by Crippen LogP contribution is -2.00. The van der Waals surface area contributed by atoms with Gasteiger partial charge in [0.05, 0.1) is 11.9 Å². The minimum atomic E-state index is 0.695. The lowest BCUT2D eigenvalue weighted by atomic mass is 10.1. The Balaban J connectivity index is 1.46. The van der Waals surface area contributed by atoms with Crippen molar-refractivity contribution in [3.63, 3.8) is 0 Å². The quantitative estimate of drug-likeness (QED) is 0.578. The topological polar surface area (TPSA) is 71.4 Å². The molecule has 0 atom stereocenters. The number of aromatic nitrogens is 5. The Labute approximate surface area is 151 Å². The highest BCUT2D eigenvalue weighted by molar-refractivity contribution is 5.64. The van der Waals surface area contributed by atoms with Crippen molar-refractivity contribution in [3.05, 3.63) is 72.2 Å². The fourth-order valence-electron chi connectivity index (χ4n) is 2.82. The zero-order chi connectivity index (χ0) is 17.9.